The lowest BCUT2D eigenvalue weighted by atomic mass is 9.93. The molecule has 0 saturated heterocycles. The maximum atomic E-state index is 10.5. The minimum absolute atomic E-state index is 0.00542. The molecule has 0 bridgehead atoms. The molecule has 4 nitrogen and oxygen atoms in total. The van der Waals surface area contributed by atoms with E-state index in [1.54, 1.807) is 7.11 Å². The van der Waals surface area contributed by atoms with E-state index in [1.807, 2.05) is 0 Å². The van der Waals surface area contributed by atoms with Crippen LogP contribution in [0.25, 0.3) is 0 Å². The van der Waals surface area contributed by atoms with Gasteiger partial charge in [-0.3, -0.25) is 10.1 Å². The number of halogens is 1. The minimum Gasteiger partial charge on any atom is -0.380 e. The van der Waals surface area contributed by atoms with E-state index in [0.717, 1.165) is 12.8 Å². The zero-order chi connectivity index (χ0) is 9.14. The molecular formula is C7H12BrNO3. The highest BCUT2D eigenvalue weighted by molar-refractivity contribution is 9.09. The van der Waals surface area contributed by atoms with Gasteiger partial charge in [-0.1, -0.05) is 15.9 Å². The van der Waals surface area contributed by atoms with Crippen molar-refractivity contribution in [2.24, 2.45) is 0 Å². The van der Waals surface area contributed by atoms with E-state index >= 15 is 0 Å². The Hall–Kier alpha value is -0.160. The second-order valence-corrected chi connectivity index (χ2v) is 4.06. The first-order chi connectivity index (χ1) is 5.66. The van der Waals surface area contributed by atoms with E-state index < -0.39 is 6.04 Å². The summed E-state index contributed by atoms with van der Waals surface area (Å²) in [5.74, 6) is 0. The zero-order valence-corrected chi connectivity index (χ0v) is 8.49. The number of rotatable bonds is 2. The smallest absolute Gasteiger partial charge is 0.228 e. The van der Waals surface area contributed by atoms with E-state index in [2.05, 4.69) is 15.9 Å². The third-order valence-electron chi connectivity index (χ3n) is 2.28. The van der Waals surface area contributed by atoms with Gasteiger partial charge < -0.3 is 4.74 Å². The first-order valence-corrected chi connectivity index (χ1v) is 4.88. The van der Waals surface area contributed by atoms with Crippen molar-refractivity contribution < 1.29 is 9.66 Å². The maximum absolute atomic E-state index is 10.5. The lowest BCUT2D eigenvalue weighted by Crippen LogP contribution is -2.42. The van der Waals surface area contributed by atoms with Crippen molar-refractivity contribution in [3.05, 3.63) is 10.1 Å². The summed E-state index contributed by atoms with van der Waals surface area (Å²) in [5.41, 5.74) is 0. The van der Waals surface area contributed by atoms with Crippen LogP contribution in [0.3, 0.4) is 0 Å². The normalized spacial score (nSPS) is 36.3. The van der Waals surface area contributed by atoms with Gasteiger partial charge in [0.1, 0.15) is 4.83 Å². The van der Waals surface area contributed by atoms with Crippen LogP contribution in [0.5, 0.6) is 0 Å². The number of nitro groups is 1. The molecule has 0 radical (unpaired) electrons. The number of methoxy groups -OCH3 is 1. The zero-order valence-electron chi connectivity index (χ0n) is 6.90. The van der Waals surface area contributed by atoms with Gasteiger partial charge in [0.05, 0.1) is 6.10 Å². The molecule has 1 aliphatic carbocycles. The monoisotopic (exact) mass is 237 g/mol. The molecule has 12 heavy (non-hydrogen) atoms. The van der Waals surface area contributed by atoms with Gasteiger partial charge in [-0.15, -0.1) is 0 Å². The third kappa shape index (κ3) is 1.95. The number of ether oxygens (including phenoxy) is 1. The van der Waals surface area contributed by atoms with Crippen molar-refractivity contribution in [3.63, 3.8) is 0 Å². The molecule has 0 heterocycles. The van der Waals surface area contributed by atoms with Crippen LogP contribution in [0.2, 0.25) is 0 Å². The van der Waals surface area contributed by atoms with Crippen molar-refractivity contribution in [3.8, 4) is 0 Å². The van der Waals surface area contributed by atoms with Crippen molar-refractivity contribution in [2.45, 2.75) is 36.2 Å². The largest absolute Gasteiger partial charge is 0.380 e. The first-order valence-electron chi connectivity index (χ1n) is 3.97. The van der Waals surface area contributed by atoms with Gasteiger partial charge in [-0.25, -0.2) is 0 Å². The summed E-state index contributed by atoms with van der Waals surface area (Å²) in [6.45, 7) is 0. The quantitative estimate of drug-likeness (QED) is 0.417. The van der Waals surface area contributed by atoms with Crippen LogP contribution in [-0.2, 0) is 4.74 Å². The fourth-order valence-corrected chi connectivity index (χ4v) is 2.50. The summed E-state index contributed by atoms with van der Waals surface area (Å²) in [6.07, 6.45) is 2.44. The molecule has 1 fully saturated rings. The fraction of sp³-hybridized carbons (Fsp3) is 1.00. The van der Waals surface area contributed by atoms with E-state index in [0.29, 0.717) is 6.42 Å². The highest BCUT2D eigenvalue weighted by Crippen LogP contribution is 2.28. The molecule has 0 aromatic carbocycles. The minimum atomic E-state index is -0.483. The summed E-state index contributed by atoms with van der Waals surface area (Å²) in [6, 6.07) is -0.483. The Morgan fingerprint density at radius 3 is 2.75 bits per heavy atom. The third-order valence-corrected chi connectivity index (χ3v) is 3.48. The lowest BCUT2D eigenvalue weighted by molar-refractivity contribution is -0.526. The summed E-state index contributed by atoms with van der Waals surface area (Å²) in [5, 5.41) is 10.5. The predicted octanol–water partition coefficient (Wildman–Crippen LogP) is 1.59. The van der Waals surface area contributed by atoms with Crippen LogP contribution in [0.4, 0.5) is 0 Å². The standard InChI is InChI=1S/C7H12BrNO3/c1-12-6-4-2-3-5(7(6)8)9(10)11/h5-7H,2-4H2,1H3. The van der Waals surface area contributed by atoms with Gasteiger partial charge in [-0.05, 0) is 12.8 Å². The van der Waals surface area contributed by atoms with Crippen LogP contribution in [0, 0.1) is 10.1 Å². The van der Waals surface area contributed by atoms with Crippen molar-refractivity contribution in [1.29, 1.82) is 0 Å². The average Bonchev–Trinajstić information content (AvgIpc) is 2.04. The summed E-state index contributed by atoms with van der Waals surface area (Å²) in [4.78, 5) is 10.2. The van der Waals surface area contributed by atoms with Gasteiger partial charge in [-0.2, -0.15) is 0 Å². The Balaban J connectivity index is 2.59. The Labute approximate surface area is 79.6 Å². The molecule has 0 N–H and O–H groups in total. The van der Waals surface area contributed by atoms with Gasteiger partial charge in [0.2, 0.25) is 6.04 Å². The van der Waals surface area contributed by atoms with Crippen LogP contribution >= 0.6 is 15.9 Å². The maximum Gasteiger partial charge on any atom is 0.228 e. The van der Waals surface area contributed by atoms with Crippen molar-refractivity contribution >= 4 is 15.9 Å². The fourth-order valence-electron chi connectivity index (χ4n) is 1.56. The lowest BCUT2D eigenvalue weighted by Gasteiger charge is -2.28. The van der Waals surface area contributed by atoms with Gasteiger partial charge >= 0.3 is 0 Å². The van der Waals surface area contributed by atoms with Crippen LogP contribution in [0.1, 0.15) is 19.3 Å². The Kier molecular flexibility index (Phi) is 3.46. The molecule has 1 aliphatic rings. The van der Waals surface area contributed by atoms with Crippen molar-refractivity contribution in [2.75, 3.05) is 7.11 Å². The molecule has 70 valence electrons. The predicted molar refractivity (Wildman–Crippen MR) is 48.1 cm³/mol. The summed E-state index contributed by atoms with van der Waals surface area (Å²) < 4.78 is 5.13. The SMILES string of the molecule is COC1CCCC([N+](=O)[O-])C1Br. The van der Waals surface area contributed by atoms with Crippen LogP contribution in [0.15, 0.2) is 0 Å². The average molecular weight is 238 g/mol. The highest BCUT2D eigenvalue weighted by Gasteiger charge is 2.38. The second-order valence-electron chi connectivity index (χ2n) is 3.00. The number of hydrogen-bond acceptors (Lipinski definition) is 3. The van der Waals surface area contributed by atoms with E-state index in [-0.39, 0.29) is 15.9 Å². The highest BCUT2D eigenvalue weighted by atomic mass is 79.9. The molecule has 1 saturated carbocycles. The van der Waals surface area contributed by atoms with E-state index in [9.17, 15) is 10.1 Å². The number of hydrogen-bond donors (Lipinski definition) is 0. The van der Waals surface area contributed by atoms with Gasteiger partial charge in [0.15, 0.2) is 0 Å². The topological polar surface area (TPSA) is 52.4 Å². The Morgan fingerprint density at radius 1 is 1.58 bits per heavy atom. The number of nitrogens with zero attached hydrogens (tertiary/aromatic N) is 1. The first kappa shape index (κ1) is 9.92. The summed E-state index contributed by atoms with van der Waals surface area (Å²) >= 11 is 3.32. The van der Waals surface area contributed by atoms with Crippen LogP contribution < -0.4 is 0 Å². The molecule has 0 aromatic heterocycles. The Morgan fingerprint density at radius 2 is 2.25 bits per heavy atom. The Bertz CT molecular complexity index is 176. The van der Waals surface area contributed by atoms with Crippen molar-refractivity contribution in [1.82, 2.24) is 0 Å². The molecule has 0 spiro atoms. The van der Waals surface area contributed by atoms with E-state index in [1.165, 1.54) is 0 Å². The number of alkyl halides is 1. The van der Waals surface area contributed by atoms with Crippen LogP contribution in [-0.4, -0.2) is 29.0 Å². The second kappa shape index (κ2) is 4.18. The molecule has 0 amide bonds. The summed E-state index contributed by atoms with van der Waals surface area (Å²) in [7, 11) is 1.60. The van der Waals surface area contributed by atoms with Gasteiger partial charge in [0.25, 0.3) is 0 Å². The molecule has 0 aliphatic heterocycles. The molecule has 5 heteroatoms. The molecule has 1 rings (SSSR count). The molecule has 3 atom stereocenters. The molecular weight excluding hydrogens is 226 g/mol. The molecule has 0 aromatic rings. The molecule has 3 unspecified atom stereocenters. The van der Waals surface area contributed by atoms with E-state index in [4.69, 9.17) is 4.74 Å². The van der Waals surface area contributed by atoms with Gasteiger partial charge in [0, 0.05) is 18.5 Å².